The summed E-state index contributed by atoms with van der Waals surface area (Å²) in [6.45, 7) is 3.46. The minimum atomic E-state index is -1.54. The second-order valence-corrected chi connectivity index (χ2v) is 10.8. The third-order valence-electron chi connectivity index (χ3n) is 9.21. The standard InChI is InChI=1S/C21H30O5.C4H6O4/c1-19-7-5-13(23)9-12(19)3-4-14-15-6-8-21(26,17(25)11-22)20(15,2)10-16(24)18(14)19;5-3(6)1-2-4(7)8/h9,14-16,18,22,24,26H,3-8,10-11H2,1-2H3;1-2H2,(H,5,6)(H,7,8)/t14-,15-,16-,18+,19-,20-,21-;/m0./s1. The Balaban J connectivity index is 0.000000350. The number of carbonyl (C=O) groups excluding carboxylic acids is 2. The van der Waals surface area contributed by atoms with Crippen LogP contribution < -0.4 is 0 Å². The zero-order valence-corrected chi connectivity index (χ0v) is 19.8. The molecule has 0 spiro atoms. The molecule has 3 saturated carbocycles. The van der Waals surface area contributed by atoms with E-state index in [1.54, 1.807) is 6.08 Å². The highest BCUT2D eigenvalue weighted by atomic mass is 16.4. The van der Waals surface area contributed by atoms with Crippen molar-refractivity contribution in [3.8, 4) is 0 Å². The largest absolute Gasteiger partial charge is 0.481 e. The summed E-state index contributed by atoms with van der Waals surface area (Å²) in [6, 6.07) is 0. The van der Waals surface area contributed by atoms with Crippen LogP contribution in [-0.2, 0) is 19.2 Å². The highest BCUT2D eigenvalue weighted by molar-refractivity contribution is 5.91. The van der Waals surface area contributed by atoms with Gasteiger partial charge in [0.05, 0.1) is 18.9 Å². The molecule has 4 rings (SSSR count). The number of carbonyl (C=O) groups is 4. The predicted molar refractivity (Wildman–Crippen MR) is 120 cm³/mol. The summed E-state index contributed by atoms with van der Waals surface area (Å²) >= 11 is 0. The van der Waals surface area contributed by atoms with Crippen molar-refractivity contribution >= 4 is 23.5 Å². The summed E-state index contributed by atoms with van der Waals surface area (Å²) in [4.78, 5) is 43.5. The Kier molecular flexibility index (Phi) is 7.41. The van der Waals surface area contributed by atoms with E-state index in [9.17, 15) is 34.5 Å². The first kappa shape index (κ1) is 26.5. The second-order valence-electron chi connectivity index (χ2n) is 10.8. The number of allylic oxidation sites excluding steroid dienone is 1. The molecule has 0 aromatic rings. The highest BCUT2D eigenvalue weighted by Crippen LogP contribution is 2.67. The van der Waals surface area contributed by atoms with E-state index in [0.717, 1.165) is 25.7 Å². The maximum atomic E-state index is 12.4. The molecule has 34 heavy (non-hydrogen) atoms. The Labute approximate surface area is 198 Å². The molecule has 3 fully saturated rings. The molecular weight excluding hydrogens is 444 g/mol. The average Bonchev–Trinajstić information content (AvgIpc) is 3.03. The van der Waals surface area contributed by atoms with Crippen molar-refractivity contribution in [2.45, 2.75) is 83.3 Å². The molecule has 0 amide bonds. The Morgan fingerprint density at radius 2 is 1.65 bits per heavy atom. The molecule has 7 atom stereocenters. The number of Topliss-reactive ketones (excluding diaryl/α,β-unsaturated/α-hetero) is 1. The van der Waals surface area contributed by atoms with Crippen molar-refractivity contribution < 1.29 is 44.7 Å². The molecule has 0 unspecified atom stereocenters. The van der Waals surface area contributed by atoms with Crippen LogP contribution in [0.1, 0.15) is 71.6 Å². The van der Waals surface area contributed by atoms with Gasteiger partial charge >= 0.3 is 11.9 Å². The lowest BCUT2D eigenvalue weighted by Gasteiger charge is -2.60. The molecule has 5 N–H and O–H groups in total. The zero-order valence-electron chi connectivity index (χ0n) is 19.8. The molecule has 9 heteroatoms. The number of hydrogen-bond donors (Lipinski definition) is 5. The fourth-order valence-corrected chi connectivity index (χ4v) is 7.49. The number of aliphatic hydroxyl groups is 3. The van der Waals surface area contributed by atoms with Gasteiger partial charge in [0.2, 0.25) is 0 Å². The Bertz CT molecular complexity index is 881. The van der Waals surface area contributed by atoms with Gasteiger partial charge in [-0.15, -0.1) is 0 Å². The van der Waals surface area contributed by atoms with Gasteiger partial charge in [-0.3, -0.25) is 19.2 Å². The third-order valence-corrected chi connectivity index (χ3v) is 9.21. The molecular formula is C25H36O9. The molecule has 4 aliphatic rings. The molecule has 190 valence electrons. The lowest BCUT2D eigenvalue weighted by atomic mass is 9.45. The van der Waals surface area contributed by atoms with E-state index >= 15 is 0 Å². The first-order valence-corrected chi connectivity index (χ1v) is 12.0. The summed E-state index contributed by atoms with van der Waals surface area (Å²) in [6.07, 6.45) is 5.14. The van der Waals surface area contributed by atoms with E-state index in [0.29, 0.717) is 19.3 Å². The number of rotatable bonds is 5. The van der Waals surface area contributed by atoms with Gasteiger partial charge in [-0.2, -0.15) is 0 Å². The maximum absolute atomic E-state index is 12.4. The summed E-state index contributed by atoms with van der Waals surface area (Å²) in [5.74, 6) is -2.01. The van der Waals surface area contributed by atoms with Gasteiger partial charge < -0.3 is 25.5 Å². The van der Waals surface area contributed by atoms with Gasteiger partial charge in [0.25, 0.3) is 0 Å². The Hall–Kier alpha value is -2.10. The van der Waals surface area contributed by atoms with Gasteiger partial charge in [-0.25, -0.2) is 0 Å². The van der Waals surface area contributed by atoms with Crippen molar-refractivity contribution in [3.63, 3.8) is 0 Å². The van der Waals surface area contributed by atoms with Gasteiger partial charge in [0, 0.05) is 11.8 Å². The van der Waals surface area contributed by atoms with E-state index in [1.165, 1.54) is 5.57 Å². The molecule has 9 nitrogen and oxygen atoms in total. The van der Waals surface area contributed by atoms with Crippen molar-refractivity contribution in [3.05, 3.63) is 11.6 Å². The van der Waals surface area contributed by atoms with Crippen molar-refractivity contribution in [2.75, 3.05) is 6.61 Å². The van der Waals surface area contributed by atoms with Crippen LogP contribution in [0.5, 0.6) is 0 Å². The van der Waals surface area contributed by atoms with E-state index < -0.39 is 41.4 Å². The normalized spacial score (nSPS) is 40.6. The quantitative estimate of drug-likeness (QED) is 0.393. The number of aliphatic hydroxyl groups excluding tert-OH is 2. The summed E-state index contributed by atoms with van der Waals surface area (Å²) in [7, 11) is 0. The van der Waals surface area contributed by atoms with Gasteiger partial charge in [0.1, 0.15) is 12.2 Å². The van der Waals surface area contributed by atoms with Gasteiger partial charge in [-0.05, 0) is 67.8 Å². The molecule has 0 saturated heterocycles. The van der Waals surface area contributed by atoms with Gasteiger partial charge in [0.15, 0.2) is 11.6 Å². The van der Waals surface area contributed by atoms with E-state index in [-0.39, 0.29) is 41.8 Å². The fraction of sp³-hybridized carbons (Fsp3) is 0.760. The van der Waals surface area contributed by atoms with Crippen LogP contribution in [0.2, 0.25) is 0 Å². The number of aliphatic carboxylic acids is 2. The Morgan fingerprint density at radius 1 is 1.03 bits per heavy atom. The fourth-order valence-electron chi connectivity index (χ4n) is 7.49. The average molecular weight is 481 g/mol. The van der Waals surface area contributed by atoms with Crippen LogP contribution in [0.4, 0.5) is 0 Å². The van der Waals surface area contributed by atoms with E-state index in [2.05, 4.69) is 6.92 Å². The predicted octanol–water partition coefficient (Wildman–Crippen LogP) is 1.72. The maximum Gasteiger partial charge on any atom is 0.303 e. The summed E-state index contributed by atoms with van der Waals surface area (Å²) in [5, 5.41) is 47.5. The minimum Gasteiger partial charge on any atom is -0.481 e. The van der Waals surface area contributed by atoms with Crippen LogP contribution >= 0.6 is 0 Å². The number of fused-ring (bicyclic) bond motifs is 5. The second kappa shape index (κ2) is 9.51. The van der Waals surface area contributed by atoms with E-state index in [4.69, 9.17) is 10.2 Å². The first-order chi connectivity index (χ1) is 15.8. The number of hydrogen-bond acceptors (Lipinski definition) is 7. The molecule has 0 heterocycles. The number of ketones is 2. The zero-order chi connectivity index (χ0) is 25.5. The number of carboxylic acid groups (broad SMARTS) is 2. The summed E-state index contributed by atoms with van der Waals surface area (Å²) in [5.41, 5.74) is -1.23. The molecule has 0 aliphatic heterocycles. The highest BCUT2D eigenvalue weighted by Gasteiger charge is 2.68. The van der Waals surface area contributed by atoms with Gasteiger partial charge in [-0.1, -0.05) is 19.4 Å². The van der Waals surface area contributed by atoms with Crippen LogP contribution in [0.25, 0.3) is 0 Å². The molecule has 4 aliphatic carbocycles. The molecule has 0 radical (unpaired) electrons. The lowest BCUT2D eigenvalue weighted by Crippen LogP contribution is -2.62. The molecule has 0 aromatic carbocycles. The minimum absolute atomic E-state index is 0.0697. The van der Waals surface area contributed by atoms with Crippen LogP contribution in [0.3, 0.4) is 0 Å². The van der Waals surface area contributed by atoms with Crippen LogP contribution in [-0.4, -0.2) is 67.3 Å². The van der Waals surface area contributed by atoms with Crippen molar-refractivity contribution in [2.24, 2.45) is 28.6 Å². The number of carboxylic acids is 2. The van der Waals surface area contributed by atoms with Crippen LogP contribution in [0.15, 0.2) is 11.6 Å². The topological polar surface area (TPSA) is 169 Å². The molecule has 0 bridgehead atoms. The third kappa shape index (κ3) is 4.33. The van der Waals surface area contributed by atoms with Crippen LogP contribution in [0, 0.1) is 28.6 Å². The van der Waals surface area contributed by atoms with Crippen molar-refractivity contribution in [1.82, 2.24) is 0 Å². The SMILES string of the molecule is C[C@]12CCC(=O)C=C1CC[C@@H]1[C@@H]2[C@@H](O)C[C@@]2(C)[C@H]1CC[C@]2(O)C(=O)CO.O=C(O)CCC(=O)O. The van der Waals surface area contributed by atoms with E-state index in [1.807, 2.05) is 6.92 Å². The van der Waals surface area contributed by atoms with Crippen molar-refractivity contribution in [1.29, 1.82) is 0 Å². The summed E-state index contributed by atoms with van der Waals surface area (Å²) < 4.78 is 0. The molecule has 0 aromatic heterocycles. The first-order valence-electron chi connectivity index (χ1n) is 12.0. The smallest absolute Gasteiger partial charge is 0.303 e. The monoisotopic (exact) mass is 480 g/mol. The lowest BCUT2D eigenvalue weighted by molar-refractivity contribution is -0.182. The Morgan fingerprint density at radius 3 is 2.21 bits per heavy atom.